The summed E-state index contributed by atoms with van der Waals surface area (Å²) in [6.07, 6.45) is -4.42. The van der Waals surface area contributed by atoms with E-state index in [1.165, 1.54) is 0 Å². The predicted octanol–water partition coefficient (Wildman–Crippen LogP) is 0.501. The highest BCUT2D eigenvalue weighted by Gasteiger charge is 2.15. The molecule has 1 unspecified atom stereocenters. The van der Waals surface area contributed by atoms with Crippen molar-refractivity contribution in [1.29, 1.82) is 0 Å². The van der Waals surface area contributed by atoms with Crippen molar-refractivity contribution in [3.8, 4) is 0 Å². The highest BCUT2D eigenvalue weighted by Crippen LogP contribution is 2.04. The van der Waals surface area contributed by atoms with Crippen molar-refractivity contribution in [2.45, 2.75) is 19.1 Å². The van der Waals surface area contributed by atoms with Crippen LogP contribution in [0, 0.1) is 0 Å². The number of amides is 1. The minimum atomic E-state index is -2.75. The van der Waals surface area contributed by atoms with Gasteiger partial charge in [-0.05, 0) is 17.7 Å². The molecule has 0 radical (unpaired) electrons. The normalized spacial score (nSPS) is 12.7. The second kappa shape index (κ2) is 6.27. The van der Waals surface area contributed by atoms with Gasteiger partial charge in [0.15, 0.2) is 0 Å². The predicted molar refractivity (Wildman–Crippen MR) is 58.7 cm³/mol. The molecule has 0 aliphatic rings. The van der Waals surface area contributed by atoms with Gasteiger partial charge in [-0.3, -0.25) is 4.79 Å². The van der Waals surface area contributed by atoms with E-state index in [0.29, 0.717) is 12.1 Å². The molecule has 0 fully saturated rings. The molecule has 0 saturated heterocycles. The zero-order chi connectivity index (χ0) is 12.8. The number of nitrogens with one attached hydrogen (secondary N) is 1. The van der Waals surface area contributed by atoms with Crippen LogP contribution >= 0.6 is 0 Å². The number of rotatable bonds is 6. The average Bonchev–Trinajstić information content (AvgIpc) is 2.29. The third-order valence-corrected chi connectivity index (χ3v) is 2.21. The van der Waals surface area contributed by atoms with Crippen LogP contribution in [0.4, 0.5) is 8.78 Å². The zero-order valence-electron chi connectivity index (χ0n) is 9.07. The summed E-state index contributed by atoms with van der Waals surface area (Å²) in [6.45, 7) is 0.151. The maximum Gasteiger partial charge on any atom is 0.265 e. The number of aliphatic hydroxyl groups excluding tert-OH is 1. The number of hydrogen-bond donors (Lipinski definition) is 3. The summed E-state index contributed by atoms with van der Waals surface area (Å²) in [5.41, 5.74) is 6.27. The number of hydrogen-bond acceptors (Lipinski definition) is 3. The second-order valence-electron chi connectivity index (χ2n) is 3.59. The van der Waals surface area contributed by atoms with Gasteiger partial charge in [0.25, 0.3) is 6.43 Å². The Hall–Kier alpha value is -1.53. The molecule has 94 valence electrons. The number of halogens is 2. The first-order valence-electron chi connectivity index (χ1n) is 5.06. The lowest BCUT2D eigenvalue weighted by molar-refractivity contribution is -0.00340. The molecule has 1 rings (SSSR count). The van der Waals surface area contributed by atoms with Gasteiger partial charge in [0.1, 0.15) is 6.10 Å². The van der Waals surface area contributed by atoms with Gasteiger partial charge in [0, 0.05) is 18.7 Å². The number of carbonyl (C=O) groups is 1. The first-order valence-corrected chi connectivity index (χ1v) is 5.06. The molecular weight excluding hydrogens is 230 g/mol. The Morgan fingerprint density at radius 3 is 2.41 bits per heavy atom. The van der Waals surface area contributed by atoms with E-state index in [2.05, 4.69) is 5.32 Å². The number of nitrogens with two attached hydrogens (primary N) is 1. The average molecular weight is 244 g/mol. The van der Waals surface area contributed by atoms with Crippen LogP contribution in [0.25, 0.3) is 0 Å². The lowest BCUT2D eigenvalue weighted by atomic mass is 10.1. The molecule has 4 N–H and O–H groups in total. The van der Waals surface area contributed by atoms with Crippen molar-refractivity contribution < 1.29 is 18.7 Å². The van der Waals surface area contributed by atoms with Gasteiger partial charge < -0.3 is 16.2 Å². The summed E-state index contributed by atoms with van der Waals surface area (Å²) in [5, 5.41) is 11.5. The Kier molecular flexibility index (Phi) is 4.99. The van der Waals surface area contributed by atoms with E-state index >= 15 is 0 Å². The fourth-order valence-electron chi connectivity index (χ4n) is 1.24. The van der Waals surface area contributed by atoms with Crippen molar-refractivity contribution >= 4 is 5.91 Å². The first kappa shape index (κ1) is 13.5. The summed E-state index contributed by atoms with van der Waals surface area (Å²) in [6, 6.07) is 6.45. The highest BCUT2D eigenvalue weighted by molar-refractivity contribution is 5.92. The van der Waals surface area contributed by atoms with E-state index in [9.17, 15) is 13.6 Å². The van der Waals surface area contributed by atoms with Crippen LogP contribution in [-0.2, 0) is 6.54 Å². The van der Waals surface area contributed by atoms with Crippen molar-refractivity contribution in [1.82, 2.24) is 5.32 Å². The topological polar surface area (TPSA) is 75.4 Å². The van der Waals surface area contributed by atoms with Crippen LogP contribution in [0.2, 0.25) is 0 Å². The van der Waals surface area contributed by atoms with Gasteiger partial charge in [-0.2, -0.15) is 0 Å². The van der Waals surface area contributed by atoms with E-state index in [-0.39, 0.29) is 6.54 Å². The van der Waals surface area contributed by atoms with Crippen molar-refractivity contribution in [2.75, 3.05) is 6.54 Å². The second-order valence-corrected chi connectivity index (χ2v) is 3.59. The summed E-state index contributed by atoms with van der Waals surface area (Å²) >= 11 is 0. The van der Waals surface area contributed by atoms with Crippen LogP contribution < -0.4 is 11.1 Å². The Balaban J connectivity index is 2.40. The molecular formula is C11H14F2N2O2. The zero-order valence-corrected chi connectivity index (χ0v) is 9.07. The monoisotopic (exact) mass is 244 g/mol. The van der Waals surface area contributed by atoms with E-state index in [1.807, 2.05) is 0 Å². The Labute approximate surface area is 97.4 Å². The maximum absolute atomic E-state index is 12.0. The van der Waals surface area contributed by atoms with Crippen molar-refractivity contribution in [2.24, 2.45) is 5.73 Å². The maximum atomic E-state index is 12.0. The minimum Gasteiger partial charge on any atom is -0.386 e. The highest BCUT2D eigenvalue weighted by atomic mass is 19.3. The Bertz CT molecular complexity index is 368. The molecule has 4 nitrogen and oxygen atoms in total. The molecule has 0 heterocycles. The van der Waals surface area contributed by atoms with Gasteiger partial charge in [0.2, 0.25) is 5.91 Å². The Morgan fingerprint density at radius 1 is 1.35 bits per heavy atom. The fourth-order valence-corrected chi connectivity index (χ4v) is 1.24. The largest absolute Gasteiger partial charge is 0.386 e. The SMILES string of the molecule is NC(=O)c1ccc(CNCC(O)C(F)F)cc1. The minimum absolute atomic E-state index is 0.185. The molecule has 0 aliphatic heterocycles. The van der Waals surface area contributed by atoms with Crippen LogP contribution in [0.1, 0.15) is 15.9 Å². The van der Waals surface area contributed by atoms with Crippen LogP contribution in [-0.4, -0.2) is 30.1 Å². The number of carbonyl (C=O) groups excluding carboxylic acids is 1. The summed E-state index contributed by atoms with van der Waals surface area (Å²) in [7, 11) is 0. The molecule has 0 spiro atoms. The Morgan fingerprint density at radius 2 is 1.94 bits per heavy atom. The van der Waals surface area contributed by atoms with Crippen molar-refractivity contribution in [3.63, 3.8) is 0 Å². The molecule has 0 aliphatic carbocycles. The van der Waals surface area contributed by atoms with Crippen LogP contribution in [0.15, 0.2) is 24.3 Å². The molecule has 0 saturated carbocycles. The molecule has 1 aromatic rings. The molecule has 1 atom stereocenters. The summed E-state index contributed by atoms with van der Waals surface area (Å²) < 4.78 is 23.9. The van der Waals surface area contributed by atoms with Crippen LogP contribution in [0.3, 0.4) is 0 Å². The molecule has 1 aromatic carbocycles. The molecule has 0 aromatic heterocycles. The number of aliphatic hydroxyl groups is 1. The lowest BCUT2D eigenvalue weighted by Gasteiger charge is -2.10. The van der Waals surface area contributed by atoms with Gasteiger partial charge in [-0.25, -0.2) is 8.78 Å². The molecule has 6 heteroatoms. The molecule has 17 heavy (non-hydrogen) atoms. The van der Waals surface area contributed by atoms with Gasteiger partial charge >= 0.3 is 0 Å². The van der Waals surface area contributed by atoms with Gasteiger partial charge in [0.05, 0.1) is 0 Å². The van der Waals surface area contributed by atoms with E-state index in [1.54, 1.807) is 24.3 Å². The van der Waals surface area contributed by atoms with Gasteiger partial charge in [-0.15, -0.1) is 0 Å². The molecule has 0 bridgehead atoms. The summed E-state index contributed by atoms with van der Waals surface area (Å²) in [5.74, 6) is -0.516. The third kappa shape index (κ3) is 4.46. The third-order valence-electron chi connectivity index (χ3n) is 2.21. The smallest absolute Gasteiger partial charge is 0.265 e. The number of alkyl halides is 2. The van der Waals surface area contributed by atoms with E-state index in [4.69, 9.17) is 10.8 Å². The standard InChI is InChI=1S/C11H14F2N2O2/c12-10(13)9(16)6-15-5-7-1-3-8(4-2-7)11(14)17/h1-4,9-10,15-16H,5-6H2,(H2,14,17). The number of benzene rings is 1. The fraction of sp³-hybridized carbons (Fsp3) is 0.364. The van der Waals surface area contributed by atoms with E-state index in [0.717, 1.165) is 5.56 Å². The quantitative estimate of drug-likeness (QED) is 0.682. The van der Waals surface area contributed by atoms with Crippen LogP contribution in [0.5, 0.6) is 0 Å². The molecule has 1 amide bonds. The first-order chi connectivity index (χ1) is 8.00. The lowest BCUT2D eigenvalue weighted by Crippen LogP contribution is -2.31. The van der Waals surface area contributed by atoms with Crippen molar-refractivity contribution in [3.05, 3.63) is 35.4 Å². The summed E-state index contributed by atoms with van der Waals surface area (Å²) in [4.78, 5) is 10.8. The number of primary amides is 1. The van der Waals surface area contributed by atoms with E-state index < -0.39 is 18.4 Å². The van der Waals surface area contributed by atoms with Gasteiger partial charge in [-0.1, -0.05) is 12.1 Å².